The van der Waals surface area contributed by atoms with Gasteiger partial charge in [0.15, 0.2) is 0 Å². The summed E-state index contributed by atoms with van der Waals surface area (Å²) >= 11 is 0. The third-order valence-corrected chi connectivity index (χ3v) is 4.02. The van der Waals surface area contributed by atoms with E-state index in [1.807, 2.05) is 85.8 Å². The second-order valence-corrected chi connectivity index (χ2v) is 6.04. The Morgan fingerprint density at radius 2 is 1.62 bits per heavy atom. The maximum absolute atomic E-state index is 11.4. The maximum atomic E-state index is 11.4. The summed E-state index contributed by atoms with van der Waals surface area (Å²) in [5, 5.41) is 9.36. The van der Waals surface area contributed by atoms with E-state index in [1.54, 1.807) is 0 Å². The SMILES string of the molecule is Cc1ccc(OCc2ccccc2)c(/C(=C/C(=O)O)c2ccccc2)c1. The number of aliphatic carboxylic acids is 1. The first kappa shape index (κ1) is 17.5. The summed E-state index contributed by atoms with van der Waals surface area (Å²) in [5.74, 6) is -0.324. The number of ether oxygens (including phenoxy) is 1. The van der Waals surface area contributed by atoms with Crippen molar-refractivity contribution in [2.24, 2.45) is 0 Å². The van der Waals surface area contributed by atoms with Crippen LogP contribution in [0.1, 0.15) is 22.3 Å². The molecule has 3 aromatic rings. The van der Waals surface area contributed by atoms with Gasteiger partial charge in [-0.1, -0.05) is 72.3 Å². The lowest BCUT2D eigenvalue weighted by Crippen LogP contribution is -2.01. The molecule has 0 unspecified atom stereocenters. The zero-order chi connectivity index (χ0) is 18.4. The normalized spacial score (nSPS) is 11.2. The molecule has 0 saturated carbocycles. The molecule has 3 nitrogen and oxygen atoms in total. The zero-order valence-electron chi connectivity index (χ0n) is 14.6. The molecule has 0 fully saturated rings. The van der Waals surface area contributed by atoms with Gasteiger partial charge in [-0.05, 0) is 35.8 Å². The van der Waals surface area contributed by atoms with Crippen molar-refractivity contribution in [3.63, 3.8) is 0 Å². The van der Waals surface area contributed by atoms with Crippen LogP contribution in [0.4, 0.5) is 0 Å². The van der Waals surface area contributed by atoms with Crippen molar-refractivity contribution in [3.8, 4) is 5.75 Å². The van der Waals surface area contributed by atoms with Crippen LogP contribution in [-0.4, -0.2) is 11.1 Å². The molecule has 0 spiro atoms. The van der Waals surface area contributed by atoms with Crippen LogP contribution in [0.5, 0.6) is 5.75 Å². The van der Waals surface area contributed by atoms with Crippen LogP contribution in [0.2, 0.25) is 0 Å². The van der Waals surface area contributed by atoms with E-state index >= 15 is 0 Å². The maximum Gasteiger partial charge on any atom is 0.328 e. The summed E-state index contributed by atoms with van der Waals surface area (Å²) < 4.78 is 6.03. The molecule has 130 valence electrons. The molecule has 0 aliphatic carbocycles. The predicted octanol–water partition coefficient (Wildman–Crippen LogP) is 5.09. The number of aryl methyl sites for hydroxylation is 1. The summed E-state index contributed by atoms with van der Waals surface area (Å²) in [6.07, 6.45) is 1.24. The molecule has 3 rings (SSSR count). The molecule has 1 N–H and O–H groups in total. The van der Waals surface area contributed by atoms with Crippen molar-refractivity contribution >= 4 is 11.5 Å². The van der Waals surface area contributed by atoms with E-state index in [-0.39, 0.29) is 0 Å². The largest absolute Gasteiger partial charge is 0.488 e. The molecule has 0 amide bonds. The molecule has 3 heteroatoms. The van der Waals surface area contributed by atoms with Gasteiger partial charge in [0.1, 0.15) is 12.4 Å². The van der Waals surface area contributed by atoms with Crippen LogP contribution in [-0.2, 0) is 11.4 Å². The molecule has 3 aromatic carbocycles. The van der Waals surface area contributed by atoms with Crippen LogP contribution >= 0.6 is 0 Å². The molecule has 0 saturated heterocycles. The van der Waals surface area contributed by atoms with Gasteiger partial charge in [0.05, 0.1) is 0 Å². The Hall–Kier alpha value is -3.33. The third-order valence-electron chi connectivity index (χ3n) is 4.02. The third kappa shape index (κ3) is 4.39. The lowest BCUT2D eigenvalue weighted by atomic mass is 9.95. The van der Waals surface area contributed by atoms with Crippen molar-refractivity contribution in [3.05, 3.63) is 107 Å². The number of carbonyl (C=O) groups is 1. The number of benzene rings is 3. The van der Waals surface area contributed by atoms with E-state index in [4.69, 9.17) is 4.74 Å². The first-order chi connectivity index (χ1) is 12.6. The van der Waals surface area contributed by atoms with Gasteiger partial charge in [0.2, 0.25) is 0 Å². The second kappa shape index (κ2) is 8.17. The van der Waals surface area contributed by atoms with Gasteiger partial charge in [0, 0.05) is 11.6 Å². The van der Waals surface area contributed by atoms with Gasteiger partial charge in [-0.15, -0.1) is 0 Å². The van der Waals surface area contributed by atoms with Gasteiger partial charge in [0.25, 0.3) is 0 Å². The zero-order valence-corrected chi connectivity index (χ0v) is 14.6. The van der Waals surface area contributed by atoms with Gasteiger partial charge >= 0.3 is 5.97 Å². The molecule has 26 heavy (non-hydrogen) atoms. The molecule has 0 atom stereocenters. The number of carboxylic acids is 1. The number of rotatable bonds is 6. The van der Waals surface area contributed by atoms with Gasteiger partial charge in [-0.2, -0.15) is 0 Å². The van der Waals surface area contributed by atoms with E-state index in [0.29, 0.717) is 17.9 Å². The first-order valence-corrected chi connectivity index (χ1v) is 8.41. The average molecular weight is 344 g/mol. The lowest BCUT2D eigenvalue weighted by Gasteiger charge is -2.15. The highest BCUT2D eigenvalue weighted by Crippen LogP contribution is 2.32. The molecular formula is C23H20O3. The van der Waals surface area contributed by atoms with Gasteiger partial charge in [-0.25, -0.2) is 4.79 Å². The minimum absolute atomic E-state index is 0.423. The van der Waals surface area contributed by atoms with Crippen molar-refractivity contribution in [1.82, 2.24) is 0 Å². The van der Waals surface area contributed by atoms with Crippen molar-refractivity contribution in [2.75, 3.05) is 0 Å². The Kier molecular flexibility index (Phi) is 5.49. The Labute approximate surface area is 153 Å². The summed E-state index contributed by atoms with van der Waals surface area (Å²) in [6.45, 7) is 2.40. The highest BCUT2D eigenvalue weighted by Gasteiger charge is 2.13. The fraction of sp³-hybridized carbons (Fsp3) is 0.0870. The van der Waals surface area contributed by atoms with Crippen molar-refractivity contribution in [1.29, 1.82) is 0 Å². The molecule has 0 aliphatic heterocycles. The summed E-state index contributed by atoms with van der Waals surface area (Å²) in [6, 6.07) is 25.2. The monoisotopic (exact) mass is 344 g/mol. The number of hydrogen-bond acceptors (Lipinski definition) is 2. The van der Waals surface area contributed by atoms with E-state index in [1.165, 1.54) is 6.08 Å². The van der Waals surface area contributed by atoms with Crippen LogP contribution in [0, 0.1) is 6.92 Å². The fourth-order valence-electron chi connectivity index (χ4n) is 2.77. The van der Waals surface area contributed by atoms with E-state index in [9.17, 15) is 9.90 Å². The number of carboxylic acid groups (broad SMARTS) is 1. The fourth-order valence-corrected chi connectivity index (χ4v) is 2.77. The molecule has 0 heterocycles. The smallest absolute Gasteiger partial charge is 0.328 e. The summed E-state index contributed by atoms with van der Waals surface area (Å²) in [7, 11) is 0. The molecule has 0 radical (unpaired) electrons. The van der Waals surface area contributed by atoms with Crippen LogP contribution < -0.4 is 4.74 Å². The molecular weight excluding hydrogens is 324 g/mol. The number of hydrogen-bond donors (Lipinski definition) is 1. The van der Waals surface area contributed by atoms with E-state index in [2.05, 4.69) is 0 Å². The van der Waals surface area contributed by atoms with Crippen LogP contribution in [0.3, 0.4) is 0 Å². The van der Waals surface area contributed by atoms with Gasteiger partial charge in [-0.3, -0.25) is 0 Å². The van der Waals surface area contributed by atoms with Crippen molar-refractivity contribution < 1.29 is 14.6 Å². The average Bonchev–Trinajstić information content (AvgIpc) is 2.66. The molecule has 0 bridgehead atoms. The second-order valence-electron chi connectivity index (χ2n) is 6.04. The first-order valence-electron chi connectivity index (χ1n) is 8.41. The van der Waals surface area contributed by atoms with E-state index in [0.717, 1.165) is 22.3 Å². The summed E-state index contributed by atoms with van der Waals surface area (Å²) in [5.41, 5.74) is 4.34. The molecule has 0 aliphatic rings. The Morgan fingerprint density at radius 3 is 2.27 bits per heavy atom. The van der Waals surface area contributed by atoms with Crippen molar-refractivity contribution in [2.45, 2.75) is 13.5 Å². The highest BCUT2D eigenvalue weighted by molar-refractivity contribution is 5.96. The topological polar surface area (TPSA) is 46.5 Å². The van der Waals surface area contributed by atoms with Crippen LogP contribution in [0.15, 0.2) is 84.9 Å². The molecule has 0 aromatic heterocycles. The van der Waals surface area contributed by atoms with Crippen LogP contribution in [0.25, 0.3) is 5.57 Å². The Bertz CT molecular complexity index is 913. The lowest BCUT2D eigenvalue weighted by molar-refractivity contribution is -0.131. The summed E-state index contributed by atoms with van der Waals surface area (Å²) in [4.78, 5) is 11.4. The minimum Gasteiger partial charge on any atom is -0.488 e. The Balaban J connectivity index is 2.01. The quantitative estimate of drug-likeness (QED) is 0.634. The van der Waals surface area contributed by atoms with E-state index < -0.39 is 5.97 Å². The highest BCUT2D eigenvalue weighted by atomic mass is 16.5. The standard InChI is InChI=1S/C23H20O3/c1-17-12-13-22(26-16-18-8-4-2-5-9-18)21(14-17)20(15-23(24)25)19-10-6-3-7-11-19/h2-15H,16H2,1H3,(H,24,25)/b20-15+. The Morgan fingerprint density at radius 1 is 0.962 bits per heavy atom. The minimum atomic E-state index is -0.987. The van der Waals surface area contributed by atoms with Gasteiger partial charge < -0.3 is 9.84 Å². The predicted molar refractivity (Wildman–Crippen MR) is 103 cm³/mol.